The number of aliphatic hydroxyl groups excluding tert-OH is 1. The molecule has 0 saturated carbocycles. The molecule has 7 nitrogen and oxygen atoms in total. The fraction of sp³-hybridized carbons (Fsp3) is 0.389. The maximum absolute atomic E-state index is 12.9. The molecule has 3 rings (SSSR count). The minimum Gasteiger partial charge on any atom is -0.480 e. The molecule has 1 aromatic carbocycles. The van der Waals surface area contributed by atoms with Gasteiger partial charge in [0.25, 0.3) is 11.6 Å². The van der Waals surface area contributed by atoms with Crippen molar-refractivity contribution in [1.82, 2.24) is 19.7 Å². The van der Waals surface area contributed by atoms with Crippen molar-refractivity contribution in [1.29, 1.82) is 0 Å². The monoisotopic (exact) mass is 396 g/mol. The number of aromatic hydroxyl groups is 1. The van der Waals surface area contributed by atoms with E-state index in [-0.39, 0.29) is 16.7 Å². The molecule has 0 bridgehead atoms. The Hall–Kier alpha value is -2.88. The molecule has 28 heavy (non-hydrogen) atoms. The van der Waals surface area contributed by atoms with E-state index in [0.29, 0.717) is 5.56 Å². The van der Waals surface area contributed by atoms with Crippen molar-refractivity contribution >= 4 is 11.0 Å². The van der Waals surface area contributed by atoms with Crippen LogP contribution in [0, 0.1) is 5.41 Å². The second-order valence-corrected chi connectivity index (χ2v) is 7.53. The van der Waals surface area contributed by atoms with Crippen LogP contribution in [0.15, 0.2) is 29.1 Å². The second-order valence-electron chi connectivity index (χ2n) is 7.53. The maximum atomic E-state index is 12.9. The van der Waals surface area contributed by atoms with E-state index in [1.165, 1.54) is 16.8 Å². The number of nitrogens with zero attached hydrogens (tertiary/aromatic N) is 3. The number of alkyl halides is 3. The van der Waals surface area contributed by atoms with Gasteiger partial charge in [0.1, 0.15) is 11.1 Å². The van der Waals surface area contributed by atoms with Crippen LogP contribution in [0.25, 0.3) is 11.0 Å². The molecule has 1 unspecified atom stereocenters. The van der Waals surface area contributed by atoms with Crippen molar-refractivity contribution in [2.24, 2.45) is 5.41 Å². The van der Waals surface area contributed by atoms with Crippen molar-refractivity contribution in [2.45, 2.75) is 39.6 Å². The number of benzene rings is 1. The molecule has 0 aliphatic rings. The van der Waals surface area contributed by atoms with E-state index in [2.05, 4.69) is 15.1 Å². The standard InChI is InChI=1S/C18H19F3N4O3/c1-17(2,3)13(9-4-6-10(7-5-9)18(19,20)21)25-14-12(11(8-26)24-25)15(27)23-16(28)22-14/h4-7,13,26H,8H2,1-3H3,(H2,22,23,27,28). The molecule has 0 radical (unpaired) electrons. The van der Waals surface area contributed by atoms with Crippen molar-refractivity contribution in [3.05, 3.63) is 51.4 Å². The first-order valence-corrected chi connectivity index (χ1v) is 8.42. The quantitative estimate of drug-likeness (QED) is 0.632. The molecule has 3 aromatic rings. The number of hydrogen-bond acceptors (Lipinski definition) is 5. The molecule has 0 aliphatic heterocycles. The van der Waals surface area contributed by atoms with Crippen molar-refractivity contribution in [2.75, 3.05) is 0 Å². The topological polar surface area (TPSA) is 104 Å². The number of fused-ring (bicyclic) bond motifs is 1. The molecular weight excluding hydrogens is 377 g/mol. The first-order valence-electron chi connectivity index (χ1n) is 8.42. The normalized spacial score (nSPS) is 13.8. The average Bonchev–Trinajstić information content (AvgIpc) is 2.92. The van der Waals surface area contributed by atoms with Crippen LogP contribution in [0.3, 0.4) is 0 Å². The second kappa shape index (κ2) is 6.62. The fourth-order valence-corrected chi connectivity index (χ4v) is 3.26. The zero-order valence-corrected chi connectivity index (χ0v) is 15.4. The van der Waals surface area contributed by atoms with Crippen LogP contribution in [0.4, 0.5) is 13.2 Å². The van der Waals surface area contributed by atoms with E-state index in [1.54, 1.807) is 0 Å². The molecule has 0 spiro atoms. The number of halogens is 3. The van der Waals surface area contributed by atoms with Crippen LogP contribution < -0.4 is 5.56 Å². The number of aliphatic hydroxyl groups is 1. The highest BCUT2D eigenvalue weighted by atomic mass is 19.4. The summed E-state index contributed by atoms with van der Waals surface area (Å²) in [6, 6.07) is 3.40. The van der Waals surface area contributed by atoms with Crippen LogP contribution in [0.1, 0.15) is 43.6 Å². The summed E-state index contributed by atoms with van der Waals surface area (Å²) in [7, 11) is 0. The van der Waals surface area contributed by atoms with Gasteiger partial charge in [-0.15, -0.1) is 0 Å². The molecule has 2 aromatic heterocycles. The fourth-order valence-electron chi connectivity index (χ4n) is 3.26. The number of rotatable bonds is 3. The highest BCUT2D eigenvalue weighted by Crippen LogP contribution is 2.39. The van der Waals surface area contributed by atoms with Gasteiger partial charge in [0, 0.05) is 0 Å². The van der Waals surface area contributed by atoms with Crippen molar-refractivity contribution < 1.29 is 23.4 Å². The summed E-state index contributed by atoms with van der Waals surface area (Å²) in [5, 5.41) is 23.6. The highest BCUT2D eigenvalue weighted by molar-refractivity contribution is 5.77. The minimum atomic E-state index is -4.46. The summed E-state index contributed by atoms with van der Waals surface area (Å²) >= 11 is 0. The van der Waals surface area contributed by atoms with E-state index in [4.69, 9.17) is 0 Å². The van der Waals surface area contributed by atoms with E-state index in [0.717, 1.165) is 12.1 Å². The Kier molecular flexibility index (Phi) is 4.70. The number of aromatic amines is 1. The van der Waals surface area contributed by atoms with Gasteiger partial charge in [-0.05, 0) is 23.1 Å². The number of nitrogens with one attached hydrogen (secondary N) is 1. The van der Waals surface area contributed by atoms with Crippen LogP contribution in [0.2, 0.25) is 0 Å². The van der Waals surface area contributed by atoms with Crippen molar-refractivity contribution in [3.8, 4) is 6.01 Å². The van der Waals surface area contributed by atoms with Crippen LogP contribution in [-0.4, -0.2) is 30.0 Å². The van der Waals surface area contributed by atoms with E-state index < -0.39 is 41.4 Å². The predicted octanol–water partition coefficient (Wildman–Crippen LogP) is 2.97. The molecule has 10 heteroatoms. The first kappa shape index (κ1) is 19.9. The van der Waals surface area contributed by atoms with Gasteiger partial charge in [0.2, 0.25) is 0 Å². The Morgan fingerprint density at radius 1 is 1.18 bits per heavy atom. The Morgan fingerprint density at radius 2 is 1.79 bits per heavy atom. The Labute approximate surface area is 157 Å². The molecule has 150 valence electrons. The molecular formula is C18H19F3N4O3. The van der Waals surface area contributed by atoms with Gasteiger partial charge in [-0.2, -0.15) is 23.3 Å². The molecule has 2 heterocycles. The Bertz CT molecular complexity index is 1060. The average molecular weight is 396 g/mol. The van der Waals surface area contributed by atoms with Gasteiger partial charge in [0.15, 0.2) is 5.65 Å². The lowest BCUT2D eigenvalue weighted by Gasteiger charge is -2.31. The molecule has 0 aliphatic carbocycles. The minimum absolute atomic E-state index is 0.0152. The third-order valence-electron chi connectivity index (χ3n) is 4.39. The smallest absolute Gasteiger partial charge is 0.416 e. The van der Waals surface area contributed by atoms with E-state index >= 15 is 0 Å². The lowest BCUT2D eigenvalue weighted by atomic mass is 9.82. The highest BCUT2D eigenvalue weighted by Gasteiger charge is 2.34. The lowest BCUT2D eigenvalue weighted by molar-refractivity contribution is -0.137. The van der Waals surface area contributed by atoms with Gasteiger partial charge in [-0.3, -0.25) is 9.78 Å². The van der Waals surface area contributed by atoms with Crippen LogP contribution >= 0.6 is 0 Å². The summed E-state index contributed by atoms with van der Waals surface area (Å²) < 4.78 is 40.1. The third-order valence-corrected chi connectivity index (χ3v) is 4.39. The summed E-state index contributed by atoms with van der Waals surface area (Å²) in [4.78, 5) is 18.3. The molecule has 0 saturated heterocycles. The summed E-state index contributed by atoms with van der Waals surface area (Å²) in [6.07, 6.45) is -4.46. The zero-order chi connectivity index (χ0) is 20.9. The molecule has 3 N–H and O–H groups in total. The SMILES string of the molecule is CC(C)(C)C(c1ccc(C(F)(F)F)cc1)n1nc(CO)c2c(=O)[nH]c(O)nc21. The summed E-state index contributed by atoms with van der Waals surface area (Å²) in [6.45, 7) is 5.03. The summed E-state index contributed by atoms with van der Waals surface area (Å²) in [5.74, 6) is 0. The lowest BCUT2D eigenvalue weighted by Crippen LogP contribution is -2.27. The molecule has 0 fully saturated rings. The van der Waals surface area contributed by atoms with Gasteiger partial charge in [-0.1, -0.05) is 32.9 Å². The number of hydrogen-bond donors (Lipinski definition) is 3. The maximum Gasteiger partial charge on any atom is 0.416 e. The van der Waals surface area contributed by atoms with Gasteiger partial charge in [-0.25, -0.2) is 4.68 Å². The third kappa shape index (κ3) is 3.47. The van der Waals surface area contributed by atoms with Gasteiger partial charge < -0.3 is 10.2 Å². The van der Waals surface area contributed by atoms with E-state index in [9.17, 15) is 28.2 Å². The van der Waals surface area contributed by atoms with Crippen molar-refractivity contribution in [3.63, 3.8) is 0 Å². The zero-order valence-electron chi connectivity index (χ0n) is 15.4. The van der Waals surface area contributed by atoms with Crippen LogP contribution in [-0.2, 0) is 12.8 Å². The Morgan fingerprint density at radius 3 is 2.29 bits per heavy atom. The predicted molar refractivity (Wildman–Crippen MR) is 94.8 cm³/mol. The van der Waals surface area contributed by atoms with Crippen LogP contribution in [0.5, 0.6) is 6.01 Å². The van der Waals surface area contributed by atoms with Gasteiger partial charge >= 0.3 is 6.18 Å². The number of H-pyrrole nitrogens is 1. The Balaban J connectivity index is 2.26. The molecule has 0 amide bonds. The number of aromatic nitrogens is 4. The first-order chi connectivity index (χ1) is 12.9. The summed E-state index contributed by atoms with van der Waals surface area (Å²) in [5.41, 5.74) is -1.40. The van der Waals surface area contributed by atoms with E-state index in [1.807, 2.05) is 20.8 Å². The molecule has 1 atom stereocenters. The largest absolute Gasteiger partial charge is 0.480 e. The van der Waals surface area contributed by atoms with Gasteiger partial charge in [0.05, 0.1) is 18.2 Å².